The zero-order valence-corrected chi connectivity index (χ0v) is 13.4. The van der Waals surface area contributed by atoms with Gasteiger partial charge in [-0.05, 0) is 57.2 Å². The summed E-state index contributed by atoms with van der Waals surface area (Å²) in [4.78, 5) is 10.3. The van der Waals surface area contributed by atoms with E-state index in [1.54, 1.807) is 0 Å². The van der Waals surface area contributed by atoms with Gasteiger partial charge in [-0.1, -0.05) is 0 Å². The first-order valence-corrected chi connectivity index (χ1v) is 8.88. The van der Waals surface area contributed by atoms with Gasteiger partial charge in [0.2, 0.25) is 0 Å². The molecule has 2 fully saturated rings. The average Bonchev–Trinajstić information content (AvgIpc) is 3.17. The number of hydrazine groups is 2. The number of hydrogen-bond donors (Lipinski definition) is 3. The number of nitrogens with one attached hydrogen (secondary N) is 3. The third kappa shape index (κ3) is 2.28. The molecule has 4 heterocycles. The third-order valence-electron chi connectivity index (χ3n) is 5.81. The first-order valence-electron chi connectivity index (χ1n) is 8.88. The molecule has 0 spiro atoms. The third-order valence-corrected chi connectivity index (χ3v) is 5.81. The molecule has 0 atom stereocenters. The second-order valence-corrected chi connectivity index (χ2v) is 7.23. The number of hydrogen-bond acceptors (Lipinski definition) is 5. The molecule has 6 heteroatoms. The largest absolute Gasteiger partial charge is 0.346 e. The van der Waals surface area contributed by atoms with Crippen molar-refractivity contribution in [3.63, 3.8) is 0 Å². The van der Waals surface area contributed by atoms with Gasteiger partial charge in [0, 0.05) is 24.2 Å². The van der Waals surface area contributed by atoms with Crippen molar-refractivity contribution in [1.29, 1.82) is 0 Å². The fourth-order valence-electron chi connectivity index (χ4n) is 4.36. The summed E-state index contributed by atoms with van der Waals surface area (Å²) in [7, 11) is 0. The molecule has 122 valence electrons. The number of H-pyrrole nitrogens is 1. The molecule has 0 amide bonds. The van der Waals surface area contributed by atoms with Crippen molar-refractivity contribution in [2.45, 2.75) is 32.1 Å². The van der Waals surface area contributed by atoms with Gasteiger partial charge in [-0.3, -0.25) is 0 Å². The number of aliphatic imine (C=N–C) groups is 1. The van der Waals surface area contributed by atoms with Crippen LogP contribution in [0.5, 0.6) is 0 Å². The van der Waals surface area contributed by atoms with Crippen LogP contribution in [0, 0.1) is 11.8 Å². The Kier molecular flexibility index (Phi) is 3.19. The molecule has 5 rings (SSSR count). The van der Waals surface area contributed by atoms with Gasteiger partial charge < -0.3 is 15.3 Å². The van der Waals surface area contributed by atoms with Gasteiger partial charge in [0.1, 0.15) is 12.2 Å². The zero-order valence-electron chi connectivity index (χ0n) is 13.4. The van der Waals surface area contributed by atoms with Crippen LogP contribution in [0.15, 0.2) is 23.0 Å². The Bertz CT molecular complexity index is 648. The molecule has 0 aromatic carbocycles. The maximum absolute atomic E-state index is 4.44. The smallest absolute Gasteiger partial charge is 0.141 e. The van der Waals surface area contributed by atoms with E-state index >= 15 is 0 Å². The van der Waals surface area contributed by atoms with Gasteiger partial charge in [0.15, 0.2) is 0 Å². The van der Waals surface area contributed by atoms with Gasteiger partial charge >= 0.3 is 0 Å². The summed E-state index contributed by atoms with van der Waals surface area (Å²) in [5.41, 5.74) is 10.4. The lowest BCUT2D eigenvalue weighted by Crippen LogP contribution is -2.41. The molecule has 1 saturated heterocycles. The van der Waals surface area contributed by atoms with E-state index in [0.717, 1.165) is 11.7 Å². The van der Waals surface area contributed by atoms with Crippen LogP contribution in [-0.4, -0.2) is 40.9 Å². The monoisotopic (exact) mass is 312 g/mol. The number of likely N-dealkylation sites (tertiary alicyclic amines) is 1. The van der Waals surface area contributed by atoms with Gasteiger partial charge in [0.25, 0.3) is 0 Å². The Morgan fingerprint density at radius 1 is 1.17 bits per heavy atom. The van der Waals surface area contributed by atoms with Crippen LogP contribution in [0.2, 0.25) is 0 Å². The minimum Gasteiger partial charge on any atom is -0.346 e. The fraction of sp³-hybridized carbons (Fsp3) is 0.588. The van der Waals surface area contributed by atoms with Crippen molar-refractivity contribution in [3.8, 4) is 0 Å². The molecule has 1 aliphatic carbocycles. The fourth-order valence-corrected chi connectivity index (χ4v) is 4.36. The molecule has 1 saturated carbocycles. The highest BCUT2D eigenvalue weighted by Gasteiger charge is 2.34. The summed E-state index contributed by atoms with van der Waals surface area (Å²) >= 11 is 0. The molecule has 4 aliphatic rings. The first-order chi connectivity index (χ1) is 11.4. The summed E-state index contributed by atoms with van der Waals surface area (Å²) in [6.45, 7) is 3.97. The number of aromatic amines is 1. The maximum Gasteiger partial charge on any atom is 0.141 e. The molecule has 0 unspecified atom stereocenters. The van der Waals surface area contributed by atoms with E-state index in [4.69, 9.17) is 0 Å². The van der Waals surface area contributed by atoms with Crippen molar-refractivity contribution in [3.05, 3.63) is 23.5 Å². The predicted octanol–water partition coefficient (Wildman–Crippen LogP) is 2.19. The molecule has 6 nitrogen and oxygen atoms in total. The normalized spacial score (nSPS) is 30.0. The highest BCUT2D eigenvalue weighted by Crippen LogP contribution is 2.40. The van der Waals surface area contributed by atoms with E-state index in [2.05, 4.69) is 31.9 Å². The number of rotatable bonds is 3. The molecule has 0 bridgehead atoms. The zero-order chi connectivity index (χ0) is 15.2. The number of aromatic nitrogens is 1. The first kappa shape index (κ1) is 13.6. The van der Waals surface area contributed by atoms with E-state index in [1.165, 1.54) is 68.7 Å². The molecule has 3 aliphatic heterocycles. The Morgan fingerprint density at radius 2 is 2.04 bits per heavy atom. The molecular formula is C17H24N6. The van der Waals surface area contributed by atoms with Gasteiger partial charge in [-0.25, -0.2) is 10.0 Å². The lowest BCUT2D eigenvalue weighted by molar-refractivity contribution is 0.129. The van der Waals surface area contributed by atoms with Crippen molar-refractivity contribution >= 4 is 17.9 Å². The van der Waals surface area contributed by atoms with Crippen molar-refractivity contribution < 1.29 is 0 Å². The summed E-state index contributed by atoms with van der Waals surface area (Å²) in [5.74, 6) is 2.49. The second kappa shape index (κ2) is 5.39. The van der Waals surface area contributed by atoms with Crippen LogP contribution in [0.1, 0.15) is 37.7 Å². The predicted molar refractivity (Wildman–Crippen MR) is 90.5 cm³/mol. The van der Waals surface area contributed by atoms with Gasteiger partial charge in [-0.2, -0.15) is 0 Å². The van der Waals surface area contributed by atoms with Crippen molar-refractivity contribution in [2.24, 2.45) is 16.8 Å². The lowest BCUT2D eigenvalue weighted by Gasteiger charge is -2.37. The van der Waals surface area contributed by atoms with E-state index in [0.29, 0.717) is 5.92 Å². The van der Waals surface area contributed by atoms with Crippen LogP contribution >= 0.6 is 0 Å². The van der Waals surface area contributed by atoms with Crippen LogP contribution in [0.25, 0.3) is 5.70 Å². The highest BCUT2D eigenvalue weighted by molar-refractivity contribution is 5.87. The Hall–Kier alpha value is -1.79. The number of fused-ring (bicyclic) bond motifs is 3. The SMILES string of the molecule is C1=Nc2[nH]ccc2C2=C([C@H]3CC[C@H](CN4CCC4)CC3)NNN12. The lowest BCUT2D eigenvalue weighted by atomic mass is 9.79. The average molecular weight is 312 g/mol. The summed E-state index contributed by atoms with van der Waals surface area (Å²) in [6, 6.07) is 2.12. The van der Waals surface area contributed by atoms with E-state index in [1.807, 2.05) is 17.5 Å². The van der Waals surface area contributed by atoms with E-state index in [-0.39, 0.29) is 0 Å². The Morgan fingerprint density at radius 3 is 2.83 bits per heavy atom. The molecular weight excluding hydrogens is 288 g/mol. The molecule has 3 N–H and O–H groups in total. The van der Waals surface area contributed by atoms with Crippen LogP contribution < -0.4 is 11.0 Å². The summed E-state index contributed by atoms with van der Waals surface area (Å²) in [5, 5.41) is 2.01. The molecule has 0 radical (unpaired) electrons. The standard InChI is InChI=1S/C17H24N6/c1-8-22(9-1)10-12-2-4-13(5-3-12)15-16-14-6-7-18-17(14)19-11-23(16)21-20-15/h6-7,11-13,18,20-21H,1-5,8-10H2/t12-,13-. The minimum absolute atomic E-state index is 0.629. The minimum atomic E-state index is 0.629. The van der Waals surface area contributed by atoms with Crippen LogP contribution in [0.4, 0.5) is 5.82 Å². The van der Waals surface area contributed by atoms with Crippen molar-refractivity contribution in [1.82, 2.24) is 25.9 Å². The quantitative estimate of drug-likeness (QED) is 0.801. The molecule has 1 aromatic rings. The number of allylic oxidation sites excluding steroid dienone is 1. The maximum atomic E-state index is 4.44. The Labute approximate surface area is 136 Å². The summed E-state index contributed by atoms with van der Waals surface area (Å²) in [6.07, 6.45) is 10.5. The van der Waals surface area contributed by atoms with E-state index < -0.39 is 0 Å². The van der Waals surface area contributed by atoms with Gasteiger partial charge in [-0.15, -0.1) is 5.53 Å². The van der Waals surface area contributed by atoms with E-state index in [9.17, 15) is 0 Å². The van der Waals surface area contributed by atoms with Crippen LogP contribution in [0.3, 0.4) is 0 Å². The number of nitrogens with zero attached hydrogens (tertiary/aromatic N) is 3. The molecule has 23 heavy (non-hydrogen) atoms. The Balaban J connectivity index is 1.32. The summed E-state index contributed by atoms with van der Waals surface area (Å²) < 4.78 is 0. The highest BCUT2D eigenvalue weighted by atomic mass is 15.7. The van der Waals surface area contributed by atoms with Gasteiger partial charge in [0.05, 0.1) is 11.4 Å². The second-order valence-electron chi connectivity index (χ2n) is 7.23. The van der Waals surface area contributed by atoms with Crippen molar-refractivity contribution in [2.75, 3.05) is 19.6 Å². The van der Waals surface area contributed by atoms with Crippen LogP contribution in [-0.2, 0) is 0 Å². The topological polar surface area (TPSA) is 58.7 Å². The molecule has 1 aromatic heterocycles.